The average molecular weight is 491 g/mol. The summed E-state index contributed by atoms with van der Waals surface area (Å²) in [6, 6.07) is 21.9. The minimum absolute atomic E-state index is 0.0965. The minimum Gasteiger partial charge on any atom is -0.488 e. The highest BCUT2D eigenvalue weighted by Crippen LogP contribution is 2.40. The first-order valence-electron chi connectivity index (χ1n) is 12.2. The van der Waals surface area contributed by atoms with Gasteiger partial charge in [-0.15, -0.1) is 0 Å². The van der Waals surface area contributed by atoms with Crippen molar-refractivity contribution in [3.8, 4) is 28.7 Å². The van der Waals surface area contributed by atoms with Crippen molar-refractivity contribution in [1.82, 2.24) is 4.98 Å². The van der Waals surface area contributed by atoms with E-state index in [0.717, 1.165) is 46.2 Å². The maximum absolute atomic E-state index is 12.2. The first-order valence-corrected chi connectivity index (χ1v) is 12.2. The summed E-state index contributed by atoms with van der Waals surface area (Å²) >= 11 is 0. The van der Waals surface area contributed by atoms with Crippen LogP contribution in [0.5, 0.6) is 11.5 Å². The number of benzene rings is 3. The smallest absolute Gasteiger partial charge is 0.339 e. The normalized spacial score (nSPS) is 12.0. The summed E-state index contributed by atoms with van der Waals surface area (Å²) in [5, 5.41) is 19.1. The minimum atomic E-state index is -1.02. The van der Waals surface area contributed by atoms with E-state index >= 15 is 0 Å². The van der Waals surface area contributed by atoms with Crippen molar-refractivity contribution >= 4 is 5.97 Å². The van der Waals surface area contributed by atoms with Gasteiger partial charge in [0.05, 0.1) is 5.56 Å². The summed E-state index contributed by atoms with van der Waals surface area (Å²) in [5.41, 5.74) is 7.54. The lowest BCUT2D eigenvalue weighted by molar-refractivity contribution is 0.0690. The number of pyridine rings is 1. The van der Waals surface area contributed by atoms with Crippen molar-refractivity contribution in [2.45, 2.75) is 39.4 Å². The Balaban J connectivity index is 1.44. The number of carbonyl (C=O) groups is 1. The molecule has 5 rings (SSSR count). The van der Waals surface area contributed by atoms with Gasteiger partial charge in [0.25, 0.3) is 0 Å². The molecule has 0 unspecified atom stereocenters. The molecule has 1 aliphatic carbocycles. The molecule has 0 atom stereocenters. The fraction of sp³-hybridized carbons (Fsp3) is 0.194. The summed E-state index contributed by atoms with van der Waals surface area (Å²) in [7, 11) is 0. The average Bonchev–Trinajstić information content (AvgIpc) is 3.41. The zero-order chi connectivity index (χ0) is 25.8. The summed E-state index contributed by atoms with van der Waals surface area (Å²) in [6.07, 6.45) is 5.38. The van der Waals surface area contributed by atoms with Crippen molar-refractivity contribution in [3.05, 3.63) is 112 Å². The van der Waals surface area contributed by atoms with Crippen LogP contribution in [-0.4, -0.2) is 16.1 Å². The topological polar surface area (TPSA) is 92.4 Å². The molecule has 6 heteroatoms. The zero-order valence-electron chi connectivity index (χ0n) is 20.5. The molecule has 0 saturated carbocycles. The Hall–Kier alpha value is -4.63. The zero-order valence-corrected chi connectivity index (χ0v) is 20.5. The molecule has 1 aliphatic rings. The third-order valence-corrected chi connectivity index (χ3v) is 6.77. The Labute approximate surface area is 215 Å². The van der Waals surface area contributed by atoms with Gasteiger partial charge in [-0.25, -0.2) is 4.79 Å². The lowest BCUT2D eigenvalue weighted by Gasteiger charge is -2.18. The lowest BCUT2D eigenvalue weighted by atomic mass is 9.97. The predicted octanol–water partition coefficient (Wildman–Crippen LogP) is 6.27. The number of ether oxygens (including phenoxy) is 2. The van der Waals surface area contributed by atoms with Crippen LogP contribution in [0.3, 0.4) is 0 Å². The van der Waals surface area contributed by atoms with Gasteiger partial charge in [-0.2, -0.15) is 5.26 Å². The van der Waals surface area contributed by atoms with Crippen LogP contribution < -0.4 is 9.47 Å². The Morgan fingerprint density at radius 1 is 0.973 bits per heavy atom. The summed E-state index contributed by atoms with van der Waals surface area (Å²) in [4.78, 5) is 16.3. The van der Waals surface area contributed by atoms with Crippen LogP contribution in [0.15, 0.2) is 73.1 Å². The van der Waals surface area contributed by atoms with Crippen LogP contribution in [0.2, 0.25) is 0 Å². The van der Waals surface area contributed by atoms with E-state index in [9.17, 15) is 9.90 Å². The third kappa shape index (κ3) is 5.03. The molecule has 3 aromatic carbocycles. The number of hydrogen-bond acceptors (Lipinski definition) is 5. The highest BCUT2D eigenvalue weighted by molar-refractivity contribution is 5.94. The first kappa shape index (κ1) is 24.1. The van der Waals surface area contributed by atoms with E-state index in [1.165, 1.54) is 6.20 Å². The van der Waals surface area contributed by atoms with E-state index in [1.54, 1.807) is 18.3 Å². The summed E-state index contributed by atoms with van der Waals surface area (Å²) < 4.78 is 12.3. The van der Waals surface area contributed by atoms with E-state index in [0.29, 0.717) is 29.9 Å². The second-order valence-electron chi connectivity index (χ2n) is 9.09. The quantitative estimate of drug-likeness (QED) is 0.313. The van der Waals surface area contributed by atoms with E-state index < -0.39 is 5.97 Å². The van der Waals surface area contributed by atoms with Crippen LogP contribution in [0.25, 0.3) is 11.1 Å². The van der Waals surface area contributed by atoms with Crippen LogP contribution in [-0.2, 0) is 26.1 Å². The van der Waals surface area contributed by atoms with Crippen LogP contribution in [0.4, 0.5) is 0 Å². The molecule has 1 N–H and O–H groups in total. The number of hydrogen-bond donors (Lipinski definition) is 1. The molecule has 4 aromatic rings. The van der Waals surface area contributed by atoms with Crippen LogP contribution >= 0.6 is 0 Å². The number of aromatic carboxylic acids is 1. The van der Waals surface area contributed by atoms with Crippen molar-refractivity contribution in [3.63, 3.8) is 0 Å². The number of rotatable bonds is 8. The molecule has 0 spiro atoms. The lowest BCUT2D eigenvalue weighted by Crippen LogP contribution is -2.10. The summed E-state index contributed by atoms with van der Waals surface area (Å²) in [5.74, 6) is -0.101. The Bertz CT molecular complexity index is 1510. The van der Waals surface area contributed by atoms with E-state index in [1.807, 2.05) is 24.3 Å². The van der Waals surface area contributed by atoms with Gasteiger partial charge in [-0.3, -0.25) is 4.98 Å². The van der Waals surface area contributed by atoms with Gasteiger partial charge in [0, 0.05) is 24.0 Å². The third-order valence-electron chi connectivity index (χ3n) is 6.77. The van der Waals surface area contributed by atoms with Gasteiger partial charge in [0.15, 0.2) is 0 Å². The number of nitrogens with zero attached hydrogens (tertiary/aromatic N) is 2. The first-order chi connectivity index (χ1) is 18.0. The van der Waals surface area contributed by atoms with Gasteiger partial charge < -0.3 is 14.6 Å². The van der Waals surface area contributed by atoms with Gasteiger partial charge in [-0.05, 0) is 65.6 Å². The fourth-order valence-electron chi connectivity index (χ4n) is 4.91. The molecule has 0 aliphatic heterocycles. The van der Waals surface area contributed by atoms with E-state index in [2.05, 4.69) is 42.2 Å². The summed E-state index contributed by atoms with van der Waals surface area (Å²) in [6.45, 7) is 2.55. The highest BCUT2D eigenvalue weighted by atomic mass is 16.5. The molecule has 0 bridgehead atoms. The van der Waals surface area contributed by atoms with Gasteiger partial charge in [0.2, 0.25) is 0 Å². The van der Waals surface area contributed by atoms with Crippen molar-refractivity contribution in [2.75, 3.05) is 0 Å². The van der Waals surface area contributed by atoms with Gasteiger partial charge in [0.1, 0.15) is 36.3 Å². The number of fused-ring (bicyclic) bond motifs is 1. The monoisotopic (exact) mass is 490 g/mol. The molecule has 37 heavy (non-hydrogen) atoms. The van der Waals surface area contributed by atoms with Crippen molar-refractivity contribution in [1.29, 1.82) is 5.26 Å². The number of carboxylic acid groups (broad SMARTS) is 1. The molecular weight excluding hydrogens is 464 g/mol. The van der Waals surface area contributed by atoms with Crippen molar-refractivity contribution in [2.24, 2.45) is 0 Å². The van der Waals surface area contributed by atoms with Crippen molar-refractivity contribution < 1.29 is 19.4 Å². The second-order valence-corrected chi connectivity index (χ2v) is 9.09. The second kappa shape index (κ2) is 10.5. The largest absolute Gasteiger partial charge is 0.488 e. The molecular formula is C31H26N2O4. The maximum Gasteiger partial charge on any atom is 0.339 e. The number of nitriles is 1. The molecule has 0 fully saturated rings. The Kier molecular flexibility index (Phi) is 6.87. The fourth-order valence-corrected chi connectivity index (χ4v) is 4.91. The van der Waals surface area contributed by atoms with Crippen LogP contribution in [0, 0.1) is 18.3 Å². The predicted molar refractivity (Wildman–Crippen MR) is 140 cm³/mol. The Morgan fingerprint density at radius 2 is 1.76 bits per heavy atom. The van der Waals surface area contributed by atoms with Gasteiger partial charge >= 0.3 is 5.97 Å². The number of aromatic nitrogens is 1. The van der Waals surface area contributed by atoms with Crippen LogP contribution in [0.1, 0.15) is 50.2 Å². The molecule has 184 valence electrons. The Morgan fingerprint density at radius 3 is 2.54 bits per heavy atom. The molecule has 6 nitrogen and oxygen atoms in total. The number of carboxylic acids is 1. The molecule has 1 aromatic heterocycles. The SMILES string of the molecule is Cc1c(COc2cc(OCc3cncc(C#N)c3)c(C(=O)O)c3c2CCC3)cccc1-c1ccccc1. The van der Waals surface area contributed by atoms with E-state index in [-0.39, 0.29) is 17.9 Å². The molecule has 0 amide bonds. The molecule has 1 heterocycles. The standard InChI is InChI=1S/C31H26N2O4/c1-20-24(9-5-10-25(20)23-7-3-2-4-8-23)19-37-28-14-29(30(31(34)35)27-12-6-11-26(27)28)36-18-22-13-21(15-32)16-33-17-22/h2-5,7-10,13-14,16-17H,6,11-12,18-19H2,1H3,(H,34,35). The highest BCUT2D eigenvalue weighted by Gasteiger charge is 2.27. The molecule has 0 radical (unpaired) electrons. The molecule has 0 saturated heterocycles. The maximum atomic E-state index is 12.2. The van der Waals surface area contributed by atoms with Gasteiger partial charge in [-0.1, -0.05) is 48.5 Å². The van der Waals surface area contributed by atoms with E-state index in [4.69, 9.17) is 14.7 Å².